The third-order valence-electron chi connectivity index (χ3n) is 2.73. The van der Waals surface area contributed by atoms with Gasteiger partial charge in [0, 0.05) is 0 Å². The van der Waals surface area contributed by atoms with Crippen LogP contribution in [0.1, 0.15) is 11.6 Å². The lowest BCUT2D eigenvalue weighted by molar-refractivity contribution is -0.139. The number of likely N-dealkylation sites (N-methyl/N-ethyl adjacent to an activating group) is 1. The van der Waals surface area contributed by atoms with Crippen molar-refractivity contribution >= 4 is 5.97 Å². The van der Waals surface area contributed by atoms with Crippen molar-refractivity contribution in [1.29, 1.82) is 0 Å². The molecule has 0 aliphatic heterocycles. The van der Waals surface area contributed by atoms with Gasteiger partial charge in [-0.2, -0.15) is 0 Å². The molecule has 2 aromatic carbocycles. The normalized spacial score (nSPS) is 11.8. The van der Waals surface area contributed by atoms with Gasteiger partial charge < -0.3 is 15.2 Å². The maximum absolute atomic E-state index is 11.0. The first-order valence-electron chi connectivity index (χ1n) is 5.93. The summed E-state index contributed by atoms with van der Waals surface area (Å²) in [5.74, 6) is 0.521. The summed E-state index contributed by atoms with van der Waals surface area (Å²) < 4.78 is 5.64. The molecule has 4 nitrogen and oxygen atoms in total. The molecule has 19 heavy (non-hydrogen) atoms. The highest BCUT2D eigenvalue weighted by Crippen LogP contribution is 2.23. The second-order valence-electron chi connectivity index (χ2n) is 4.04. The average Bonchev–Trinajstić information content (AvgIpc) is 2.42. The lowest BCUT2D eigenvalue weighted by atomic mass is 10.1. The van der Waals surface area contributed by atoms with Gasteiger partial charge in [0.1, 0.15) is 17.5 Å². The maximum atomic E-state index is 11.0. The van der Waals surface area contributed by atoms with Crippen LogP contribution in [0, 0.1) is 0 Å². The standard InChI is InChI=1S/C15H15NO3/c1-16-14(15(17)18)11-7-9-13(10-8-11)19-12-5-3-2-4-6-12/h2-10,14,16H,1H3,(H,17,18). The molecule has 0 heterocycles. The van der Waals surface area contributed by atoms with Gasteiger partial charge in [0.2, 0.25) is 0 Å². The largest absolute Gasteiger partial charge is 0.480 e. The van der Waals surface area contributed by atoms with Crippen molar-refractivity contribution in [1.82, 2.24) is 5.32 Å². The summed E-state index contributed by atoms with van der Waals surface area (Å²) in [5.41, 5.74) is 0.690. The molecule has 0 aromatic heterocycles. The fourth-order valence-corrected chi connectivity index (χ4v) is 1.79. The van der Waals surface area contributed by atoms with Crippen molar-refractivity contribution in [3.05, 3.63) is 60.2 Å². The fourth-order valence-electron chi connectivity index (χ4n) is 1.79. The van der Waals surface area contributed by atoms with E-state index in [0.717, 1.165) is 5.75 Å². The fraction of sp³-hybridized carbons (Fsp3) is 0.133. The van der Waals surface area contributed by atoms with Crippen molar-refractivity contribution in [2.24, 2.45) is 0 Å². The Hall–Kier alpha value is -2.33. The van der Waals surface area contributed by atoms with Crippen LogP contribution in [-0.4, -0.2) is 18.1 Å². The molecule has 0 aliphatic rings. The second kappa shape index (κ2) is 6.02. The van der Waals surface area contributed by atoms with E-state index in [9.17, 15) is 4.79 Å². The third kappa shape index (κ3) is 3.33. The predicted molar refractivity (Wildman–Crippen MR) is 72.4 cm³/mol. The van der Waals surface area contributed by atoms with Crippen LogP contribution in [0.5, 0.6) is 11.5 Å². The molecule has 2 rings (SSSR count). The molecule has 0 saturated carbocycles. The van der Waals surface area contributed by atoms with Crippen LogP contribution in [0.25, 0.3) is 0 Å². The van der Waals surface area contributed by atoms with E-state index in [2.05, 4.69) is 5.32 Å². The lowest BCUT2D eigenvalue weighted by Gasteiger charge is -2.12. The Morgan fingerprint density at radius 2 is 1.63 bits per heavy atom. The number of carboxylic acid groups (broad SMARTS) is 1. The number of para-hydroxylation sites is 1. The number of carbonyl (C=O) groups is 1. The first-order valence-corrected chi connectivity index (χ1v) is 5.93. The highest BCUT2D eigenvalue weighted by Gasteiger charge is 2.16. The van der Waals surface area contributed by atoms with Crippen LogP contribution in [-0.2, 0) is 4.79 Å². The van der Waals surface area contributed by atoms with Crippen LogP contribution < -0.4 is 10.1 Å². The van der Waals surface area contributed by atoms with E-state index in [4.69, 9.17) is 9.84 Å². The van der Waals surface area contributed by atoms with E-state index in [1.807, 2.05) is 30.3 Å². The molecular weight excluding hydrogens is 242 g/mol. The van der Waals surface area contributed by atoms with Gasteiger partial charge in [0.15, 0.2) is 0 Å². The zero-order valence-corrected chi connectivity index (χ0v) is 10.5. The average molecular weight is 257 g/mol. The summed E-state index contributed by atoms with van der Waals surface area (Å²) in [5, 5.41) is 11.8. The summed E-state index contributed by atoms with van der Waals surface area (Å²) in [7, 11) is 1.62. The Morgan fingerprint density at radius 3 is 2.16 bits per heavy atom. The zero-order valence-electron chi connectivity index (χ0n) is 10.5. The van der Waals surface area contributed by atoms with Gasteiger partial charge in [0.25, 0.3) is 0 Å². The smallest absolute Gasteiger partial charge is 0.325 e. The van der Waals surface area contributed by atoms with Crippen molar-refractivity contribution in [3.63, 3.8) is 0 Å². The van der Waals surface area contributed by atoms with E-state index in [0.29, 0.717) is 11.3 Å². The molecule has 0 saturated heterocycles. The first-order chi connectivity index (χ1) is 9.20. The topological polar surface area (TPSA) is 58.6 Å². The zero-order chi connectivity index (χ0) is 13.7. The Labute approximate surface area is 111 Å². The lowest BCUT2D eigenvalue weighted by Crippen LogP contribution is -2.24. The number of nitrogens with one attached hydrogen (secondary N) is 1. The monoisotopic (exact) mass is 257 g/mol. The molecule has 1 unspecified atom stereocenters. The minimum atomic E-state index is -0.903. The van der Waals surface area contributed by atoms with Crippen molar-refractivity contribution in [3.8, 4) is 11.5 Å². The van der Waals surface area contributed by atoms with E-state index in [-0.39, 0.29) is 0 Å². The van der Waals surface area contributed by atoms with Crippen LogP contribution >= 0.6 is 0 Å². The third-order valence-corrected chi connectivity index (χ3v) is 2.73. The highest BCUT2D eigenvalue weighted by molar-refractivity contribution is 5.75. The van der Waals surface area contributed by atoms with Gasteiger partial charge in [0.05, 0.1) is 0 Å². The molecule has 4 heteroatoms. The molecular formula is C15H15NO3. The van der Waals surface area contributed by atoms with Gasteiger partial charge in [-0.25, -0.2) is 0 Å². The van der Waals surface area contributed by atoms with Crippen molar-refractivity contribution in [2.45, 2.75) is 6.04 Å². The Balaban J connectivity index is 2.12. The quantitative estimate of drug-likeness (QED) is 0.864. The summed E-state index contributed by atoms with van der Waals surface area (Å²) in [4.78, 5) is 11.0. The molecule has 0 fully saturated rings. The van der Waals surface area contributed by atoms with E-state index >= 15 is 0 Å². The Morgan fingerprint density at radius 1 is 1.05 bits per heavy atom. The Kier molecular flexibility index (Phi) is 4.15. The molecule has 98 valence electrons. The number of ether oxygens (including phenoxy) is 1. The van der Waals surface area contributed by atoms with Crippen LogP contribution in [0.15, 0.2) is 54.6 Å². The van der Waals surface area contributed by atoms with Gasteiger partial charge in [-0.3, -0.25) is 4.79 Å². The number of carboxylic acids is 1. The highest BCUT2D eigenvalue weighted by atomic mass is 16.5. The van der Waals surface area contributed by atoms with Crippen LogP contribution in [0.3, 0.4) is 0 Å². The van der Waals surface area contributed by atoms with E-state index < -0.39 is 12.0 Å². The van der Waals surface area contributed by atoms with Crippen molar-refractivity contribution < 1.29 is 14.6 Å². The summed E-state index contributed by atoms with van der Waals surface area (Å²) in [6, 6.07) is 15.7. The maximum Gasteiger partial charge on any atom is 0.325 e. The van der Waals surface area contributed by atoms with Gasteiger partial charge in [-0.1, -0.05) is 30.3 Å². The van der Waals surface area contributed by atoms with E-state index in [1.165, 1.54) is 0 Å². The summed E-state index contributed by atoms with van der Waals surface area (Å²) in [6.45, 7) is 0. The number of rotatable bonds is 5. The number of aliphatic carboxylic acids is 1. The van der Waals surface area contributed by atoms with Gasteiger partial charge in [-0.05, 0) is 36.9 Å². The van der Waals surface area contributed by atoms with Gasteiger partial charge in [-0.15, -0.1) is 0 Å². The SMILES string of the molecule is CNC(C(=O)O)c1ccc(Oc2ccccc2)cc1. The summed E-state index contributed by atoms with van der Waals surface area (Å²) in [6.07, 6.45) is 0. The molecule has 0 bridgehead atoms. The first kappa shape index (κ1) is 13.1. The number of benzene rings is 2. The van der Waals surface area contributed by atoms with Gasteiger partial charge >= 0.3 is 5.97 Å². The van der Waals surface area contributed by atoms with Crippen LogP contribution in [0.4, 0.5) is 0 Å². The van der Waals surface area contributed by atoms with E-state index in [1.54, 1.807) is 31.3 Å². The Bertz CT molecular complexity index is 537. The number of hydrogen-bond acceptors (Lipinski definition) is 3. The molecule has 1 atom stereocenters. The molecule has 0 amide bonds. The number of hydrogen-bond donors (Lipinski definition) is 2. The molecule has 0 spiro atoms. The van der Waals surface area contributed by atoms with Crippen LogP contribution in [0.2, 0.25) is 0 Å². The molecule has 2 N–H and O–H groups in total. The summed E-state index contributed by atoms with van der Waals surface area (Å²) >= 11 is 0. The second-order valence-corrected chi connectivity index (χ2v) is 4.04. The molecule has 0 aliphatic carbocycles. The predicted octanol–water partition coefficient (Wildman–Crippen LogP) is 2.82. The minimum Gasteiger partial charge on any atom is -0.480 e. The molecule has 0 radical (unpaired) electrons. The minimum absolute atomic E-state index is 0.676. The van der Waals surface area contributed by atoms with Crippen molar-refractivity contribution in [2.75, 3.05) is 7.05 Å². The molecule has 2 aromatic rings.